The van der Waals surface area contributed by atoms with Gasteiger partial charge in [0.15, 0.2) is 6.61 Å². The fourth-order valence-corrected chi connectivity index (χ4v) is 1.75. The number of hydrogen-bond donors (Lipinski definition) is 1. The van der Waals surface area contributed by atoms with Crippen molar-refractivity contribution >= 4 is 17.6 Å². The van der Waals surface area contributed by atoms with E-state index in [1.165, 1.54) is 0 Å². The summed E-state index contributed by atoms with van der Waals surface area (Å²) in [5, 5.41) is 3.78. The Kier molecular flexibility index (Phi) is 6.67. The zero-order chi connectivity index (χ0) is 14.3. The molecule has 0 unspecified atom stereocenters. The van der Waals surface area contributed by atoms with E-state index in [-0.39, 0.29) is 6.61 Å². The Morgan fingerprint density at radius 2 is 2.16 bits per heavy atom. The predicted molar refractivity (Wildman–Crippen MR) is 75.6 cm³/mol. The highest BCUT2D eigenvalue weighted by molar-refractivity contribution is 6.32. The number of carbonyl (C=O) groups excluding carboxylic acids is 1. The Hall–Kier alpha value is -1.26. The molecule has 19 heavy (non-hydrogen) atoms. The van der Waals surface area contributed by atoms with Gasteiger partial charge in [-0.2, -0.15) is 0 Å². The second-order valence-electron chi connectivity index (χ2n) is 4.36. The largest absolute Gasteiger partial charge is 0.480 e. The second-order valence-corrected chi connectivity index (χ2v) is 4.76. The standard InChI is InChI=1S/C14H20ClNO3/c1-4-18-13(17)9-19-14-11(8-16-10(2)3)6-5-7-12(14)15/h5-7,10,16H,4,8-9H2,1-3H3. The summed E-state index contributed by atoms with van der Waals surface area (Å²) < 4.78 is 10.3. The van der Waals surface area contributed by atoms with Crippen LogP contribution in [0, 0.1) is 0 Å². The third kappa shape index (κ3) is 5.49. The highest BCUT2D eigenvalue weighted by atomic mass is 35.5. The van der Waals surface area contributed by atoms with Crippen LogP contribution in [0.15, 0.2) is 18.2 Å². The summed E-state index contributed by atoms with van der Waals surface area (Å²) in [6.07, 6.45) is 0. The minimum Gasteiger partial charge on any atom is -0.480 e. The Labute approximate surface area is 119 Å². The second kappa shape index (κ2) is 8.02. The molecular weight excluding hydrogens is 266 g/mol. The van der Waals surface area contributed by atoms with Gasteiger partial charge in [0.25, 0.3) is 0 Å². The van der Waals surface area contributed by atoms with Crippen LogP contribution in [0.1, 0.15) is 26.3 Å². The lowest BCUT2D eigenvalue weighted by molar-refractivity contribution is -0.145. The lowest BCUT2D eigenvalue weighted by atomic mass is 10.2. The van der Waals surface area contributed by atoms with Crippen LogP contribution < -0.4 is 10.1 Å². The first kappa shape index (κ1) is 15.8. The molecule has 1 rings (SSSR count). The molecule has 0 saturated heterocycles. The Bertz CT molecular complexity index is 421. The van der Waals surface area contributed by atoms with Crippen molar-refractivity contribution in [1.82, 2.24) is 5.32 Å². The van der Waals surface area contributed by atoms with Gasteiger partial charge in [-0.15, -0.1) is 0 Å². The minimum absolute atomic E-state index is 0.133. The number of ether oxygens (including phenoxy) is 2. The van der Waals surface area contributed by atoms with Crippen LogP contribution in [0.25, 0.3) is 0 Å². The third-order valence-corrected chi connectivity index (χ3v) is 2.69. The Balaban J connectivity index is 2.71. The summed E-state index contributed by atoms with van der Waals surface area (Å²) in [4.78, 5) is 11.3. The van der Waals surface area contributed by atoms with E-state index in [0.717, 1.165) is 5.56 Å². The van der Waals surface area contributed by atoms with Crippen LogP contribution in [-0.4, -0.2) is 25.2 Å². The van der Waals surface area contributed by atoms with Crippen molar-refractivity contribution < 1.29 is 14.3 Å². The molecule has 0 aliphatic rings. The molecule has 1 aromatic carbocycles. The van der Waals surface area contributed by atoms with Gasteiger partial charge in [-0.3, -0.25) is 0 Å². The van der Waals surface area contributed by atoms with E-state index in [1.807, 2.05) is 12.1 Å². The first-order valence-electron chi connectivity index (χ1n) is 6.33. The summed E-state index contributed by atoms with van der Waals surface area (Å²) in [5.41, 5.74) is 0.922. The molecule has 0 atom stereocenters. The molecule has 0 saturated carbocycles. The molecule has 5 heteroatoms. The average molecular weight is 286 g/mol. The number of hydrogen-bond acceptors (Lipinski definition) is 4. The molecule has 0 fully saturated rings. The van der Waals surface area contributed by atoms with Crippen molar-refractivity contribution in [3.8, 4) is 5.75 Å². The highest BCUT2D eigenvalue weighted by Gasteiger charge is 2.11. The summed E-state index contributed by atoms with van der Waals surface area (Å²) in [7, 11) is 0. The molecule has 4 nitrogen and oxygen atoms in total. The molecule has 0 heterocycles. The summed E-state index contributed by atoms with van der Waals surface area (Å²) >= 11 is 6.10. The van der Waals surface area contributed by atoms with Crippen LogP contribution in [0.3, 0.4) is 0 Å². The maximum Gasteiger partial charge on any atom is 0.344 e. The molecule has 0 aliphatic carbocycles. The molecule has 0 spiro atoms. The fraction of sp³-hybridized carbons (Fsp3) is 0.500. The number of nitrogens with one attached hydrogen (secondary N) is 1. The lowest BCUT2D eigenvalue weighted by Crippen LogP contribution is -2.22. The number of carbonyl (C=O) groups is 1. The number of benzene rings is 1. The molecule has 0 aromatic heterocycles. The van der Waals surface area contributed by atoms with E-state index in [4.69, 9.17) is 21.1 Å². The first-order valence-corrected chi connectivity index (χ1v) is 6.71. The van der Waals surface area contributed by atoms with E-state index in [9.17, 15) is 4.79 Å². The molecular formula is C14H20ClNO3. The zero-order valence-corrected chi connectivity index (χ0v) is 12.3. The van der Waals surface area contributed by atoms with Crippen LogP contribution in [0.5, 0.6) is 5.75 Å². The van der Waals surface area contributed by atoms with Gasteiger partial charge in [0.2, 0.25) is 0 Å². The van der Waals surface area contributed by atoms with Gasteiger partial charge in [0, 0.05) is 18.2 Å². The average Bonchev–Trinajstić information content (AvgIpc) is 2.35. The Morgan fingerprint density at radius 3 is 2.79 bits per heavy atom. The van der Waals surface area contributed by atoms with E-state index in [1.54, 1.807) is 13.0 Å². The monoisotopic (exact) mass is 285 g/mol. The van der Waals surface area contributed by atoms with Crippen LogP contribution in [-0.2, 0) is 16.1 Å². The molecule has 1 aromatic rings. The SMILES string of the molecule is CCOC(=O)COc1c(Cl)cccc1CNC(C)C. The summed E-state index contributed by atoms with van der Waals surface area (Å²) in [6, 6.07) is 5.87. The van der Waals surface area contributed by atoms with Gasteiger partial charge in [0.05, 0.1) is 11.6 Å². The molecule has 1 N–H and O–H groups in total. The molecule has 106 valence electrons. The van der Waals surface area contributed by atoms with E-state index in [0.29, 0.717) is 30.0 Å². The van der Waals surface area contributed by atoms with Crippen molar-refractivity contribution in [1.29, 1.82) is 0 Å². The quantitative estimate of drug-likeness (QED) is 0.783. The van der Waals surface area contributed by atoms with E-state index in [2.05, 4.69) is 19.2 Å². The number of para-hydroxylation sites is 1. The highest BCUT2D eigenvalue weighted by Crippen LogP contribution is 2.28. The molecule has 0 aliphatic heterocycles. The number of esters is 1. The zero-order valence-electron chi connectivity index (χ0n) is 11.5. The first-order chi connectivity index (χ1) is 9.04. The number of halogens is 1. The van der Waals surface area contributed by atoms with Crippen molar-refractivity contribution in [2.45, 2.75) is 33.4 Å². The molecule has 0 amide bonds. The van der Waals surface area contributed by atoms with Crippen LogP contribution in [0.2, 0.25) is 5.02 Å². The van der Waals surface area contributed by atoms with Gasteiger partial charge in [-0.25, -0.2) is 4.79 Å². The van der Waals surface area contributed by atoms with Gasteiger partial charge in [-0.05, 0) is 13.0 Å². The van der Waals surface area contributed by atoms with Gasteiger partial charge in [0.1, 0.15) is 5.75 Å². The van der Waals surface area contributed by atoms with Gasteiger partial charge < -0.3 is 14.8 Å². The summed E-state index contributed by atoms with van der Waals surface area (Å²) in [5.74, 6) is 0.135. The molecule has 0 radical (unpaired) electrons. The Morgan fingerprint density at radius 1 is 1.42 bits per heavy atom. The fourth-order valence-electron chi connectivity index (χ4n) is 1.50. The van der Waals surface area contributed by atoms with Crippen molar-refractivity contribution in [3.63, 3.8) is 0 Å². The lowest BCUT2D eigenvalue weighted by Gasteiger charge is -2.14. The van der Waals surface area contributed by atoms with Crippen LogP contribution in [0.4, 0.5) is 0 Å². The van der Waals surface area contributed by atoms with E-state index < -0.39 is 5.97 Å². The van der Waals surface area contributed by atoms with Gasteiger partial charge in [-0.1, -0.05) is 37.6 Å². The minimum atomic E-state index is -0.398. The maximum absolute atomic E-state index is 11.3. The van der Waals surface area contributed by atoms with Gasteiger partial charge >= 0.3 is 5.97 Å². The smallest absolute Gasteiger partial charge is 0.344 e. The van der Waals surface area contributed by atoms with E-state index >= 15 is 0 Å². The normalized spacial score (nSPS) is 10.6. The predicted octanol–water partition coefficient (Wildman–Crippen LogP) is 2.78. The van der Waals surface area contributed by atoms with Crippen molar-refractivity contribution in [2.75, 3.05) is 13.2 Å². The van der Waals surface area contributed by atoms with Crippen molar-refractivity contribution in [2.24, 2.45) is 0 Å². The van der Waals surface area contributed by atoms with Crippen molar-refractivity contribution in [3.05, 3.63) is 28.8 Å². The number of rotatable bonds is 7. The third-order valence-electron chi connectivity index (χ3n) is 2.39. The summed E-state index contributed by atoms with van der Waals surface area (Å²) in [6.45, 7) is 6.72. The maximum atomic E-state index is 11.3. The van der Waals surface area contributed by atoms with Crippen LogP contribution >= 0.6 is 11.6 Å². The molecule has 0 bridgehead atoms. The topological polar surface area (TPSA) is 47.6 Å².